The smallest absolute Gasteiger partial charge is 0.341 e. The molecule has 2 aromatic rings. The predicted octanol–water partition coefficient (Wildman–Crippen LogP) is 3.27. The third kappa shape index (κ3) is 3.81. The fourth-order valence-electron chi connectivity index (χ4n) is 2.36. The number of thioether (sulfide) groups is 1. The van der Waals surface area contributed by atoms with Crippen molar-refractivity contribution in [3.63, 3.8) is 0 Å². The molecule has 0 saturated heterocycles. The molecule has 2 heterocycles. The molecule has 6 nitrogen and oxygen atoms in total. The van der Waals surface area contributed by atoms with Gasteiger partial charge in [-0.3, -0.25) is 4.79 Å². The topological polar surface area (TPSA) is 73.2 Å². The van der Waals surface area contributed by atoms with Crippen LogP contribution in [0.3, 0.4) is 0 Å². The van der Waals surface area contributed by atoms with Gasteiger partial charge in [0.1, 0.15) is 5.00 Å². The molecule has 1 aliphatic rings. The number of aromatic nitrogens is 2. The van der Waals surface area contributed by atoms with E-state index in [9.17, 15) is 9.59 Å². The highest BCUT2D eigenvalue weighted by Crippen LogP contribution is 2.46. The number of anilines is 1. The van der Waals surface area contributed by atoms with E-state index in [-0.39, 0.29) is 17.6 Å². The van der Waals surface area contributed by atoms with E-state index in [0.29, 0.717) is 23.1 Å². The maximum absolute atomic E-state index is 12.3. The van der Waals surface area contributed by atoms with Gasteiger partial charge in [-0.25, -0.2) is 9.78 Å². The molecule has 0 aliphatic heterocycles. The van der Waals surface area contributed by atoms with Crippen LogP contribution >= 0.6 is 23.1 Å². The maximum Gasteiger partial charge on any atom is 0.341 e. The molecule has 128 valence electrons. The van der Waals surface area contributed by atoms with E-state index in [1.165, 1.54) is 23.1 Å². The van der Waals surface area contributed by atoms with Crippen LogP contribution in [0.2, 0.25) is 0 Å². The van der Waals surface area contributed by atoms with Crippen molar-refractivity contribution in [2.45, 2.75) is 30.8 Å². The number of carbonyl (C=O) groups excluding carboxylic acids is 2. The zero-order valence-corrected chi connectivity index (χ0v) is 15.2. The minimum Gasteiger partial charge on any atom is -0.462 e. The Bertz CT molecular complexity index is 750. The second-order valence-electron chi connectivity index (χ2n) is 5.55. The van der Waals surface area contributed by atoms with Crippen LogP contribution in [0.1, 0.15) is 41.6 Å². The van der Waals surface area contributed by atoms with Crippen molar-refractivity contribution < 1.29 is 14.3 Å². The first kappa shape index (κ1) is 17.0. The van der Waals surface area contributed by atoms with Crippen molar-refractivity contribution >= 4 is 40.0 Å². The standard InChI is InChI=1S/C16H19N3O3S2/c1-3-22-15(21)13-11(10-4-5-10)8-23-14(13)18-12(20)9-24-16-17-6-7-19(16)2/h6-8,10H,3-5,9H2,1-2H3,(H,18,20). The Balaban J connectivity index is 1.68. The Labute approximate surface area is 148 Å². The van der Waals surface area contributed by atoms with E-state index >= 15 is 0 Å². The second-order valence-corrected chi connectivity index (χ2v) is 7.37. The van der Waals surface area contributed by atoms with Crippen LogP contribution in [0.4, 0.5) is 5.00 Å². The number of thiophene rings is 1. The number of esters is 1. The van der Waals surface area contributed by atoms with Gasteiger partial charge in [0.15, 0.2) is 5.16 Å². The number of nitrogens with one attached hydrogen (secondary N) is 1. The molecule has 1 amide bonds. The summed E-state index contributed by atoms with van der Waals surface area (Å²) >= 11 is 2.75. The van der Waals surface area contributed by atoms with Crippen LogP contribution in [-0.2, 0) is 16.6 Å². The largest absolute Gasteiger partial charge is 0.462 e. The Morgan fingerprint density at radius 1 is 1.50 bits per heavy atom. The van der Waals surface area contributed by atoms with Crippen LogP contribution in [0.25, 0.3) is 0 Å². The van der Waals surface area contributed by atoms with Crippen molar-refractivity contribution in [1.82, 2.24) is 9.55 Å². The Hall–Kier alpha value is -1.80. The van der Waals surface area contributed by atoms with Gasteiger partial charge in [-0.1, -0.05) is 11.8 Å². The molecule has 8 heteroatoms. The average Bonchev–Trinajstić information content (AvgIpc) is 3.19. The molecule has 1 fully saturated rings. The van der Waals surface area contributed by atoms with Crippen molar-refractivity contribution in [3.8, 4) is 0 Å². The lowest BCUT2D eigenvalue weighted by molar-refractivity contribution is -0.113. The molecule has 0 unspecified atom stereocenters. The molecule has 2 aromatic heterocycles. The molecule has 1 aliphatic carbocycles. The number of aryl methyl sites for hydroxylation is 1. The maximum atomic E-state index is 12.3. The fourth-order valence-corrected chi connectivity index (χ4v) is 4.13. The number of amides is 1. The lowest BCUT2D eigenvalue weighted by atomic mass is 10.1. The van der Waals surface area contributed by atoms with Gasteiger partial charge in [-0.2, -0.15) is 0 Å². The number of hydrogen-bond donors (Lipinski definition) is 1. The van der Waals surface area contributed by atoms with Gasteiger partial charge >= 0.3 is 5.97 Å². The van der Waals surface area contributed by atoms with Gasteiger partial charge in [0, 0.05) is 19.4 Å². The van der Waals surface area contributed by atoms with Crippen LogP contribution in [-0.4, -0.2) is 33.8 Å². The SMILES string of the molecule is CCOC(=O)c1c(C2CC2)csc1NC(=O)CSc1nccn1C. The van der Waals surface area contributed by atoms with Gasteiger partial charge in [-0.15, -0.1) is 11.3 Å². The molecule has 0 radical (unpaired) electrons. The van der Waals surface area contributed by atoms with E-state index in [1.807, 2.05) is 23.2 Å². The summed E-state index contributed by atoms with van der Waals surface area (Å²) in [6.45, 7) is 2.10. The summed E-state index contributed by atoms with van der Waals surface area (Å²) in [5.41, 5.74) is 1.53. The fraction of sp³-hybridized carbons (Fsp3) is 0.438. The number of carbonyl (C=O) groups is 2. The predicted molar refractivity (Wildman–Crippen MR) is 94.8 cm³/mol. The van der Waals surface area contributed by atoms with Gasteiger partial charge in [-0.05, 0) is 36.6 Å². The Morgan fingerprint density at radius 2 is 2.29 bits per heavy atom. The lowest BCUT2D eigenvalue weighted by Gasteiger charge is -2.08. The molecule has 0 spiro atoms. The lowest BCUT2D eigenvalue weighted by Crippen LogP contribution is -2.17. The molecule has 1 N–H and O–H groups in total. The third-order valence-corrected chi connectivity index (χ3v) is 5.65. The third-order valence-electron chi connectivity index (χ3n) is 3.68. The highest BCUT2D eigenvalue weighted by molar-refractivity contribution is 7.99. The molecule has 0 aromatic carbocycles. The summed E-state index contributed by atoms with van der Waals surface area (Å²) in [7, 11) is 1.88. The van der Waals surface area contributed by atoms with Crippen LogP contribution in [0.5, 0.6) is 0 Å². The van der Waals surface area contributed by atoms with Gasteiger partial charge in [0.25, 0.3) is 0 Å². The average molecular weight is 365 g/mol. The van der Waals surface area contributed by atoms with Gasteiger partial charge in [0.2, 0.25) is 5.91 Å². The van der Waals surface area contributed by atoms with Gasteiger partial charge in [0.05, 0.1) is 17.9 Å². The van der Waals surface area contributed by atoms with E-state index in [0.717, 1.165) is 23.6 Å². The highest BCUT2D eigenvalue weighted by Gasteiger charge is 2.32. The molecule has 1 saturated carbocycles. The summed E-state index contributed by atoms with van der Waals surface area (Å²) < 4.78 is 7.02. The van der Waals surface area contributed by atoms with Crippen molar-refractivity contribution in [2.75, 3.05) is 17.7 Å². The summed E-state index contributed by atoms with van der Waals surface area (Å²) in [4.78, 5) is 28.7. The highest BCUT2D eigenvalue weighted by atomic mass is 32.2. The quantitative estimate of drug-likeness (QED) is 0.602. The number of imidazole rings is 1. The first-order valence-corrected chi connectivity index (χ1v) is 9.65. The summed E-state index contributed by atoms with van der Waals surface area (Å²) in [5, 5.41) is 6.18. The normalized spacial score (nSPS) is 13.8. The number of nitrogens with zero attached hydrogens (tertiary/aromatic N) is 2. The molecular formula is C16H19N3O3S2. The van der Waals surface area contributed by atoms with Crippen molar-refractivity contribution in [2.24, 2.45) is 7.05 Å². The van der Waals surface area contributed by atoms with E-state index < -0.39 is 0 Å². The monoisotopic (exact) mass is 365 g/mol. The second kappa shape index (κ2) is 7.40. The summed E-state index contributed by atoms with van der Waals surface area (Å²) in [6.07, 6.45) is 5.71. The van der Waals surface area contributed by atoms with Crippen molar-refractivity contribution in [1.29, 1.82) is 0 Å². The van der Waals surface area contributed by atoms with E-state index in [2.05, 4.69) is 10.3 Å². The molecule has 24 heavy (non-hydrogen) atoms. The summed E-state index contributed by atoms with van der Waals surface area (Å²) in [5.74, 6) is 0.155. The van der Waals surface area contributed by atoms with Crippen LogP contribution in [0, 0.1) is 0 Å². The van der Waals surface area contributed by atoms with Crippen molar-refractivity contribution in [3.05, 3.63) is 28.9 Å². The van der Waals surface area contributed by atoms with Crippen LogP contribution < -0.4 is 5.32 Å². The Morgan fingerprint density at radius 3 is 2.92 bits per heavy atom. The molecule has 0 atom stereocenters. The molecular weight excluding hydrogens is 346 g/mol. The van der Waals surface area contributed by atoms with E-state index in [4.69, 9.17) is 4.74 Å². The Kier molecular flexibility index (Phi) is 5.25. The summed E-state index contributed by atoms with van der Waals surface area (Å²) in [6, 6.07) is 0. The zero-order chi connectivity index (χ0) is 17.1. The zero-order valence-electron chi connectivity index (χ0n) is 13.6. The number of rotatable bonds is 7. The first-order chi connectivity index (χ1) is 11.6. The minimum absolute atomic E-state index is 0.155. The molecule has 3 rings (SSSR count). The van der Waals surface area contributed by atoms with E-state index in [1.54, 1.807) is 13.1 Å². The van der Waals surface area contributed by atoms with Gasteiger partial charge < -0.3 is 14.6 Å². The van der Waals surface area contributed by atoms with Crippen LogP contribution in [0.15, 0.2) is 22.9 Å². The number of ether oxygens (including phenoxy) is 1. The molecule has 0 bridgehead atoms. The first-order valence-electron chi connectivity index (χ1n) is 7.78. The number of hydrogen-bond acceptors (Lipinski definition) is 6. The minimum atomic E-state index is -0.354.